The Hall–Kier alpha value is -1.20. The molecule has 0 spiro atoms. The van der Waals surface area contributed by atoms with Crippen molar-refractivity contribution in [3.05, 3.63) is 35.9 Å². The summed E-state index contributed by atoms with van der Waals surface area (Å²) in [6, 6.07) is 8.24. The molecular formula is C13H16ClF2NO2. The number of rotatable bonds is 3. The first-order chi connectivity index (χ1) is 8.57. The SMILES string of the molecule is Cl.O=C(OCc1ccccc1)C1CC(F)(F)CCN1. The summed E-state index contributed by atoms with van der Waals surface area (Å²) in [5.74, 6) is -3.39. The topological polar surface area (TPSA) is 38.3 Å². The number of hydrogen-bond donors (Lipinski definition) is 1. The molecule has 1 atom stereocenters. The van der Waals surface area contributed by atoms with E-state index in [9.17, 15) is 13.6 Å². The highest BCUT2D eigenvalue weighted by Crippen LogP contribution is 2.27. The van der Waals surface area contributed by atoms with Crippen LogP contribution >= 0.6 is 12.4 Å². The van der Waals surface area contributed by atoms with Crippen molar-refractivity contribution in [2.75, 3.05) is 6.54 Å². The smallest absolute Gasteiger partial charge is 0.323 e. The average Bonchev–Trinajstić information content (AvgIpc) is 2.36. The lowest BCUT2D eigenvalue weighted by Gasteiger charge is -2.28. The largest absolute Gasteiger partial charge is 0.460 e. The molecule has 1 N–H and O–H groups in total. The lowest BCUT2D eigenvalue weighted by molar-refractivity contribution is -0.152. The summed E-state index contributed by atoms with van der Waals surface area (Å²) in [5, 5.41) is 2.76. The van der Waals surface area contributed by atoms with Crippen LogP contribution in [0.1, 0.15) is 18.4 Å². The number of alkyl halides is 2. The Bertz CT molecular complexity index is 414. The number of benzene rings is 1. The van der Waals surface area contributed by atoms with Gasteiger partial charge in [-0.05, 0) is 5.56 Å². The predicted octanol–water partition coefficient (Wildman–Crippen LogP) is 2.54. The zero-order valence-electron chi connectivity index (χ0n) is 10.3. The molecule has 0 aliphatic carbocycles. The summed E-state index contributed by atoms with van der Waals surface area (Å²) < 4.78 is 31.3. The van der Waals surface area contributed by atoms with Crippen LogP contribution < -0.4 is 5.32 Å². The monoisotopic (exact) mass is 291 g/mol. The third-order valence-electron chi connectivity index (χ3n) is 2.89. The fourth-order valence-corrected chi connectivity index (χ4v) is 1.90. The molecule has 1 aliphatic heterocycles. The Morgan fingerprint density at radius 3 is 2.68 bits per heavy atom. The molecule has 1 fully saturated rings. The molecule has 0 saturated carbocycles. The third-order valence-corrected chi connectivity index (χ3v) is 2.89. The van der Waals surface area contributed by atoms with Crippen molar-refractivity contribution in [2.24, 2.45) is 0 Å². The predicted molar refractivity (Wildman–Crippen MR) is 69.5 cm³/mol. The molecule has 6 heteroatoms. The van der Waals surface area contributed by atoms with Crippen molar-refractivity contribution in [2.45, 2.75) is 31.4 Å². The van der Waals surface area contributed by atoms with Gasteiger partial charge >= 0.3 is 5.97 Å². The van der Waals surface area contributed by atoms with Crippen molar-refractivity contribution < 1.29 is 18.3 Å². The molecule has 1 aromatic rings. The summed E-state index contributed by atoms with van der Waals surface area (Å²) in [7, 11) is 0. The molecular weight excluding hydrogens is 276 g/mol. The molecule has 19 heavy (non-hydrogen) atoms. The normalized spacial score (nSPS) is 21.3. The van der Waals surface area contributed by atoms with E-state index in [0.717, 1.165) is 5.56 Å². The van der Waals surface area contributed by atoms with Crippen LogP contribution in [0.25, 0.3) is 0 Å². The quantitative estimate of drug-likeness (QED) is 0.870. The van der Waals surface area contributed by atoms with Gasteiger partial charge in [0.2, 0.25) is 0 Å². The molecule has 1 aromatic carbocycles. The van der Waals surface area contributed by atoms with Gasteiger partial charge in [0.15, 0.2) is 0 Å². The standard InChI is InChI=1S/C13H15F2NO2.ClH/c14-13(15)6-7-16-11(8-13)12(17)18-9-10-4-2-1-3-5-10;/h1-5,11,16H,6-9H2;1H. The average molecular weight is 292 g/mol. The molecule has 1 saturated heterocycles. The molecule has 0 aromatic heterocycles. The second-order valence-electron chi connectivity index (χ2n) is 4.41. The maximum Gasteiger partial charge on any atom is 0.323 e. The number of carbonyl (C=O) groups excluding carboxylic acids is 1. The van der Waals surface area contributed by atoms with Gasteiger partial charge in [-0.1, -0.05) is 30.3 Å². The molecule has 0 bridgehead atoms. The van der Waals surface area contributed by atoms with E-state index in [1.54, 1.807) is 0 Å². The van der Waals surface area contributed by atoms with E-state index < -0.39 is 24.4 Å². The summed E-state index contributed by atoms with van der Waals surface area (Å²) in [5.41, 5.74) is 0.841. The number of esters is 1. The Morgan fingerprint density at radius 1 is 1.37 bits per heavy atom. The van der Waals surface area contributed by atoms with Gasteiger partial charge in [-0.2, -0.15) is 0 Å². The van der Waals surface area contributed by atoms with Crippen molar-refractivity contribution in [3.63, 3.8) is 0 Å². The van der Waals surface area contributed by atoms with Crippen molar-refractivity contribution in [1.82, 2.24) is 5.32 Å². The van der Waals surface area contributed by atoms with Gasteiger partial charge in [0, 0.05) is 19.4 Å². The van der Waals surface area contributed by atoms with Gasteiger partial charge in [0.05, 0.1) is 0 Å². The van der Waals surface area contributed by atoms with E-state index >= 15 is 0 Å². The lowest BCUT2D eigenvalue weighted by Crippen LogP contribution is -2.48. The second-order valence-corrected chi connectivity index (χ2v) is 4.41. The molecule has 0 amide bonds. The molecule has 1 heterocycles. The summed E-state index contributed by atoms with van der Waals surface area (Å²) in [6.45, 7) is 0.252. The van der Waals surface area contributed by atoms with Gasteiger partial charge in [-0.15, -0.1) is 12.4 Å². The Morgan fingerprint density at radius 2 is 2.05 bits per heavy atom. The van der Waals surface area contributed by atoms with Gasteiger partial charge in [-0.3, -0.25) is 4.79 Å². The first-order valence-electron chi connectivity index (χ1n) is 5.89. The minimum absolute atomic E-state index is 0. The summed E-state index contributed by atoms with van der Waals surface area (Å²) >= 11 is 0. The number of halogens is 3. The van der Waals surface area contributed by atoms with Gasteiger partial charge in [0.1, 0.15) is 12.6 Å². The van der Waals surface area contributed by atoms with Gasteiger partial charge in [0.25, 0.3) is 5.92 Å². The van der Waals surface area contributed by atoms with E-state index in [4.69, 9.17) is 4.74 Å². The first-order valence-corrected chi connectivity index (χ1v) is 5.89. The number of carbonyl (C=O) groups is 1. The van der Waals surface area contributed by atoms with E-state index in [1.165, 1.54) is 0 Å². The summed E-state index contributed by atoms with van der Waals surface area (Å²) in [4.78, 5) is 11.6. The van der Waals surface area contributed by atoms with Crippen LogP contribution in [-0.2, 0) is 16.1 Å². The number of nitrogens with one attached hydrogen (secondary N) is 1. The van der Waals surface area contributed by atoms with E-state index in [-0.39, 0.29) is 32.0 Å². The second kappa shape index (κ2) is 6.82. The zero-order valence-corrected chi connectivity index (χ0v) is 11.1. The number of piperidine rings is 1. The Labute approximate surface area is 116 Å². The van der Waals surface area contributed by atoms with Crippen LogP contribution in [0.5, 0.6) is 0 Å². The van der Waals surface area contributed by atoms with Crippen LogP contribution in [0.15, 0.2) is 30.3 Å². The molecule has 2 rings (SSSR count). The van der Waals surface area contributed by atoms with Crippen molar-refractivity contribution >= 4 is 18.4 Å². The van der Waals surface area contributed by atoms with E-state index in [2.05, 4.69) is 5.32 Å². The number of ether oxygens (including phenoxy) is 1. The van der Waals surface area contributed by atoms with Crippen LogP contribution in [0, 0.1) is 0 Å². The minimum Gasteiger partial charge on any atom is -0.460 e. The van der Waals surface area contributed by atoms with Crippen molar-refractivity contribution in [1.29, 1.82) is 0 Å². The molecule has 3 nitrogen and oxygen atoms in total. The van der Waals surface area contributed by atoms with Crippen LogP contribution in [0.4, 0.5) is 8.78 Å². The Kier molecular flexibility index (Phi) is 5.69. The highest BCUT2D eigenvalue weighted by molar-refractivity contribution is 5.85. The maximum absolute atomic E-state index is 13.1. The van der Waals surface area contributed by atoms with E-state index in [1.807, 2.05) is 30.3 Å². The molecule has 1 unspecified atom stereocenters. The fraction of sp³-hybridized carbons (Fsp3) is 0.462. The number of hydrogen-bond acceptors (Lipinski definition) is 3. The third kappa shape index (κ3) is 4.76. The van der Waals surface area contributed by atoms with Gasteiger partial charge in [-0.25, -0.2) is 8.78 Å². The molecule has 0 radical (unpaired) electrons. The van der Waals surface area contributed by atoms with Crippen LogP contribution in [0.2, 0.25) is 0 Å². The fourth-order valence-electron chi connectivity index (χ4n) is 1.90. The highest BCUT2D eigenvalue weighted by Gasteiger charge is 2.39. The van der Waals surface area contributed by atoms with Gasteiger partial charge < -0.3 is 10.1 Å². The minimum atomic E-state index is -2.78. The Balaban J connectivity index is 0.00000180. The molecule has 106 valence electrons. The first kappa shape index (κ1) is 15.9. The zero-order chi connectivity index (χ0) is 13.0. The van der Waals surface area contributed by atoms with E-state index in [0.29, 0.717) is 0 Å². The van der Waals surface area contributed by atoms with Crippen LogP contribution in [0.3, 0.4) is 0 Å². The van der Waals surface area contributed by atoms with Crippen LogP contribution in [-0.4, -0.2) is 24.5 Å². The van der Waals surface area contributed by atoms with Crippen molar-refractivity contribution in [3.8, 4) is 0 Å². The highest BCUT2D eigenvalue weighted by atomic mass is 35.5. The maximum atomic E-state index is 13.1. The lowest BCUT2D eigenvalue weighted by atomic mass is 10.0. The summed E-state index contributed by atoms with van der Waals surface area (Å²) in [6.07, 6.45) is -0.712. The molecule has 1 aliphatic rings.